The van der Waals surface area contributed by atoms with Crippen LogP contribution in [0.5, 0.6) is 0 Å². The number of benzene rings is 1. The lowest BCUT2D eigenvalue weighted by molar-refractivity contribution is 0.205. The number of nitrogens with zero attached hydrogens (tertiary/aromatic N) is 4. The lowest BCUT2D eigenvalue weighted by Crippen LogP contribution is -2.42. The van der Waals surface area contributed by atoms with Crippen molar-refractivity contribution >= 4 is 66.2 Å². The molecule has 7 nitrogen and oxygen atoms in total. The molecule has 0 saturated carbocycles. The first-order chi connectivity index (χ1) is 15.2. The van der Waals surface area contributed by atoms with E-state index in [0.717, 1.165) is 48.8 Å². The number of amides is 2. The Kier molecular flexibility index (Phi) is 5.35. The minimum absolute atomic E-state index is 0.0637. The third kappa shape index (κ3) is 4.01. The fourth-order valence-corrected chi connectivity index (χ4v) is 5.24. The molecule has 4 aromatic rings. The lowest BCUT2D eigenvalue weighted by Gasteiger charge is -2.27. The molecule has 5 rings (SSSR count). The predicted molar refractivity (Wildman–Crippen MR) is 128 cm³/mol. The summed E-state index contributed by atoms with van der Waals surface area (Å²) in [5, 5.41) is 7.24. The minimum Gasteiger partial charge on any atom is -0.340 e. The topological polar surface area (TPSA) is 83.0 Å². The summed E-state index contributed by atoms with van der Waals surface area (Å²) in [5.41, 5.74) is 4.89. The van der Waals surface area contributed by atoms with Crippen LogP contribution in [0.2, 0.25) is 0 Å². The second-order valence-corrected chi connectivity index (χ2v) is 9.04. The van der Waals surface area contributed by atoms with Crippen LogP contribution in [0, 0.1) is 0 Å². The van der Waals surface area contributed by atoms with Crippen LogP contribution in [0.1, 0.15) is 11.3 Å². The molecule has 1 aliphatic rings. The van der Waals surface area contributed by atoms with Crippen molar-refractivity contribution in [3.8, 4) is 0 Å². The van der Waals surface area contributed by atoms with Crippen LogP contribution in [-0.2, 0) is 0 Å². The van der Waals surface area contributed by atoms with Crippen molar-refractivity contribution in [3.63, 3.8) is 0 Å². The average Bonchev–Trinajstić information content (AvgIpc) is 3.45. The van der Waals surface area contributed by atoms with Gasteiger partial charge in [0, 0.05) is 30.2 Å². The minimum atomic E-state index is -0.0637. The molecule has 1 aliphatic heterocycles. The highest BCUT2D eigenvalue weighted by Crippen LogP contribution is 2.35. The molecule has 1 aromatic carbocycles. The average molecular weight is 449 g/mol. The predicted octanol–water partition coefficient (Wildman–Crippen LogP) is 5.03. The number of aromatic nitrogens is 3. The number of rotatable bonds is 5. The summed E-state index contributed by atoms with van der Waals surface area (Å²) in [6.07, 6.45) is 6.30. The normalized spacial score (nSPS) is 13.9. The van der Waals surface area contributed by atoms with Gasteiger partial charge >= 0.3 is 6.03 Å². The van der Waals surface area contributed by atoms with Gasteiger partial charge in [0.25, 0.3) is 0 Å². The molecule has 0 unspecified atom stereocenters. The van der Waals surface area contributed by atoms with Crippen LogP contribution in [0.15, 0.2) is 54.8 Å². The molecule has 0 fully saturated rings. The summed E-state index contributed by atoms with van der Waals surface area (Å²) >= 11 is 3.24. The van der Waals surface area contributed by atoms with E-state index in [1.165, 1.54) is 0 Å². The fourth-order valence-electron chi connectivity index (χ4n) is 3.55. The van der Waals surface area contributed by atoms with Crippen LogP contribution in [0.4, 0.5) is 16.3 Å². The van der Waals surface area contributed by atoms with Gasteiger partial charge in [-0.25, -0.2) is 19.7 Å². The van der Waals surface area contributed by atoms with Crippen LogP contribution in [0.25, 0.3) is 26.0 Å². The van der Waals surface area contributed by atoms with E-state index >= 15 is 0 Å². The van der Waals surface area contributed by atoms with Crippen molar-refractivity contribution in [3.05, 3.63) is 59.7 Å². The molecule has 2 N–H and O–H groups in total. The largest absolute Gasteiger partial charge is 0.340 e. The summed E-state index contributed by atoms with van der Waals surface area (Å²) in [6, 6.07) is 8.17. The number of fused-ring (bicyclic) bond motifs is 2. The molecule has 4 heterocycles. The fraction of sp³-hybridized carbons (Fsp3) is 0.182. The summed E-state index contributed by atoms with van der Waals surface area (Å²) in [5.74, 6) is 0.763. The quantitative estimate of drug-likeness (QED) is 0.419. The van der Waals surface area contributed by atoms with Crippen molar-refractivity contribution in [1.82, 2.24) is 25.2 Å². The summed E-state index contributed by atoms with van der Waals surface area (Å²) in [4.78, 5) is 29.5. The summed E-state index contributed by atoms with van der Waals surface area (Å²) in [6.45, 7) is 5.40. The van der Waals surface area contributed by atoms with Gasteiger partial charge in [-0.1, -0.05) is 12.2 Å². The van der Waals surface area contributed by atoms with Gasteiger partial charge in [0.05, 0.1) is 21.1 Å². The van der Waals surface area contributed by atoms with Gasteiger partial charge in [-0.15, -0.1) is 29.3 Å². The van der Waals surface area contributed by atoms with E-state index in [4.69, 9.17) is 0 Å². The van der Waals surface area contributed by atoms with E-state index < -0.39 is 0 Å². The van der Waals surface area contributed by atoms with Crippen LogP contribution in [-0.4, -0.2) is 45.5 Å². The number of urea groups is 1. The van der Waals surface area contributed by atoms with Gasteiger partial charge in [0.2, 0.25) is 0 Å². The van der Waals surface area contributed by atoms with E-state index in [1.54, 1.807) is 35.1 Å². The first-order valence-electron chi connectivity index (χ1n) is 9.89. The van der Waals surface area contributed by atoms with E-state index in [1.807, 2.05) is 22.5 Å². The van der Waals surface area contributed by atoms with Crippen LogP contribution in [0.3, 0.4) is 0 Å². The van der Waals surface area contributed by atoms with Crippen molar-refractivity contribution < 1.29 is 4.79 Å². The van der Waals surface area contributed by atoms with Crippen LogP contribution >= 0.6 is 22.7 Å². The van der Waals surface area contributed by atoms with E-state index in [9.17, 15) is 4.79 Å². The third-order valence-corrected chi connectivity index (χ3v) is 7.00. The Balaban J connectivity index is 1.40. The molecule has 0 saturated heterocycles. The molecule has 0 spiro atoms. The van der Waals surface area contributed by atoms with Crippen molar-refractivity contribution in [2.45, 2.75) is 6.42 Å². The zero-order valence-electron chi connectivity index (χ0n) is 16.7. The van der Waals surface area contributed by atoms with Crippen molar-refractivity contribution in [2.24, 2.45) is 0 Å². The van der Waals surface area contributed by atoms with E-state index in [2.05, 4.69) is 50.4 Å². The number of hydrogen-bond acceptors (Lipinski definition) is 7. The highest BCUT2D eigenvalue weighted by atomic mass is 32.1. The maximum atomic E-state index is 12.3. The number of nitrogens with one attached hydrogen (secondary N) is 2. The van der Waals surface area contributed by atoms with Gasteiger partial charge in [0.15, 0.2) is 0 Å². The first-order valence-corrected chi connectivity index (χ1v) is 11.6. The number of carbonyl (C=O) groups excluding carboxylic acids is 1. The Hall–Kier alpha value is -3.30. The Morgan fingerprint density at radius 3 is 3.10 bits per heavy atom. The van der Waals surface area contributed by atoms with Crippen molar-refractivity contribution in [1.29, 1.82) is 0 Å². The molecule has 3 aromatic heterocycles. The monoisotopic (exact) mass is 448 g/mol. The second kappa shape index (κ2) is 8.44. The molecule has 156 valence electrons. The molecule has 0 aliphatic carbocycles. The molecule has 2 amide bonds. The third-order valence-electron chi connectivity index (χ3n) is 5.07. The Morgan fingerprint density at radius 2 is 2.19 bits per heavy atom. The number of carbonyl (C=O) groups is 1. The standard InChI is InChI=1S/C22H20N6OS2/c1-2-7-23-22(29)28-8-3-4-14(11-28)19-10-16-20(24-12-25-21(16)31-19)27-15-5-6-18-17(9-15)26-13-30-18/h2,4-6,9-10,12-13H,1,3,7-8,11H2,(H,23,29)(H,24,25,27). The van der Waals surface area contributed by atoms with Crippen molar-refractivity contribution in [2.75, 3.05) is 25.0 Å². The molecular formula is C22H20N6OS2. The van der Waals surface area contributed by atoms with Gasteiger partial charge in [-0.2, -0.15) is 0 Å². The molecule has 0 radical (unpaired) electrons. The number of hydrogen-bond donors (Lipinski definition) is 2. The highest BCUT2D eigenvalue weighted by Gasteiger charge is 2.20. The van der Waals surface area contributed by atoms with Gasteiger partial charge in [0.1, 0.15) is 17.0 Å². The maximum Gasteiger partial charge on any atom is 0.317 e. The molecular weight excluding hydrogens is 428 g/mol. The Bertz CT molecular complexity index is 1310. The Morgan fingerprint density at radius 1 is 1.26 bits per heavy atom. The first kappa shape index (κ1) is 19.7. The molecule has 0 atom stereocenters. The van der Waals surface area contributed by atoms with Crippen LogP contribution < -0.4 is 10.6 Å². The molecule has 31 heavy (non-hydrogen) atoms. The summed E-state index contributed by atoms with van der Waals surface area (Å²) < 4.78 is 1.15. The van der Waals surface area contributed by atoms with E-state index in [0.29, 0.717) is 19.6 Å². The van der Waals surface area contributed by atoms with Gasteiger partial charge < -0.3 is 15.5 Å². The second-order valence-electron chi connectivity index (χ2n) is 7.13. The van der Waals surface area contributed by atoms with E-state index in [-0.39, 0.29) is 6.03 Å². The maximum absolute atomic E-state index is 12.3. The zero-order chi connectivity index (χ0) is 21.2. The SMILES string of the molecule is C=CCNC(=O)N1CCC=C(c2cc3c(Nc4ccc5scnc5c4)ncnc3s2)C1. The van der Waals surface area contributed by atoms with Gasteiger partial charge in [-0.3, -0.25) is 0 Å². The zero-order valence-corrected chi connectivity index (χ0v) is 18.3. The number of thiazole rings is 1. The lowest BCUT2D eigenvalue weighted by atomic mass is 10.1. The molecule has 0 bridgehead atoms. The number of anilines is 2. The highest BCUT2D eigenvalue weighted by molar-refractivity contribution is 7.19. The number of thiophene rings is 1. The smallest absolute Gasteiger partial charge is 0.317 e. The van der Waals surface area contributed by atoms with Gasteiger partial charge in [-0.05, 0) is 36.3 Å². The Labute approximate surface area is 187 Å². The molecule has 9 heteroatoms. The summed E-state index contributed by atoms with van der Waals surface area (Å²) in [7, 11) is 0.